The topological polar surface area (TPSA) is 72.3 Å². The number of rotatable bonds is 2. The molecule has 0 spiro atoms. The molecule has 0 bridgehead atoms. The number of sulfone groups is 1. The van der Waals surface area contributed by atoms with Crippen LogP contribution in [0.25, 0.3) is 0 Å². The van der Waals surface area contributed by atoms with Gasteiger partial charge in [-0.2, -0.15) is 5.10 Å². The van der Waals surface area contributed by atoms with Crippen molar-refractivity contribution in [1.29, 1.82) is 0 Å². The van der Waals surface area contributed by atoms with E-state index in [1.807, 2.05) is 0 Å². The van der Waals surface area contributed by atoms with Crippen LogP contribution < -0.4 is 4.90 Å². The third-order valence-corrected chi connectivity index (χ3v) is 6.04. The summed E-state index contributed by atoms with van der Waals surface area (Å²) >= 11 is 6.06. The van der Waals surface area contributed by atoms with Crippen LogP contribution in [0.15, 0.2) is 70.7 Å². The van der Waals surface area contributed by atoms with E-state index in [0.717, 1.165) is 0 Å². The van der Waals surface area contributed by atoms with Gasteiger partial charge in [0.2, 0.25) is 9.84 Å². The highest BCUT2D eigenvalue weighted by atomic mass is 35.5. The molecule has 126 valence electrons. The maximum atomic E-state index is 12.9. The van der Waals surface area contributed by atoms with Gasteiger partial charge in [0, 0.05) is 17.4 Å². The van der Waals surface area contributed by atoms with E-state index in [0.29, 0.717) is 10.7 Å². The second-order valence-electron chi connectivity index (χ2n) is 5.52. The summed E-state index contributed by atoms with van der Waals surface area (Å²) in [5.41, 5.74) is 0.567. The first-order chi connectivity index (χ1) is 12.0. The maximum absolute atomic E-state index is 12.9. The van der Waals surface area contributed by atoms with Crippen molar-refractivity contribution in [3.8, 4) is 0 Å². The molecule has 0 atom stereocenters. The molecule has 2 heterocycles. The van der Waals surface area contributed by atoms with Crippen LogP contribution in [-0.2, 0) is 21.2 Å². The van der Waals surface area contributed by atoms with E-state index in [2.05, 4.69) is 5.10 Å². The Hall–Kier alpha value is -2.64. The summed E-state index contributed by atoms with van der Waals surface area (Å²) < 4.78 is 27.3. The van der Waals surface area contributed by atoms with Gasteiger partial charge in [0.1, 0.15) is 6.54 Å². The van der Waals surface area contributed by atoms with Gasteiger partial charge >= 0.3 is 0 Å². The van der Waals surface area contributed by atoms with Crippen molar-refractivity contribution in [3.63, 3.8) is 0 Å². The number of benzene rings is 2. The molecule has 0 radical (unpaired) electrons. The van der Waals surface area contributed by atoms with Gasteiger partial charge in [-0.25, -0.2) is 8.42 Å². The Morgan fingerprint density at radius 3 is 2.56 bits per heavy atom. The molecule has 8 heteroatoms. The number of amides is 1. The fraction of sp³-hybridized carbons (Fsp3) is 0.0588. The SMILES string of the molecule is O=C(Cn1cccn1)N1c2ccccc2S(=O)(=O)c2ccc(Cl)cc21. The molecule has 25 heavy (non-hydrogen) atoms. The van der Waals surface area contributed by atoms with Gasteiger partial charge in [0.05, 0.1) is 21.2 Å². The monoisotopic (exact) mass is 373 g/mol. The van der Waals surface area contributed by atoms with Gasteiger partial charge < -0.3 is 0 Å². The van der Waals surface area contributed by atoms with Crippen LogP contribution in [0.1, 0.15) is 0 Å². The smallest absolute Gasteiger partial charge is 0.253 e. The van der Waals surface area contributed by atoms with Gasteiger partial charge in [-0.05, 0) is 36.4 Å². The molecule has 1 aliphatic heterocycles. The lowest BCUT2D eigenvalue weighted by Crippen LogP contribution is -2.34. The third kappa shape index (κ3) is 2.52. The molecule has 0 N–H and O–H groups in total. The number of anilines is 2. The van der Waals surface area contributed by atoms with E-state index < -0.39 is 9.84 Å². The summed E-state index contributed by atoms with van der Waals surface area (Å²) in [5.74, 6) is -0.311. The molecule has 1 aromatic heterocycles. The molecule has 0 aliphatic carbocycles. The average Bonchev–Trinajstić information content (AvgIpc) is 3.07. The van der Waals surface area contributed by atoms with Crippen LogP contribution >= 0.6 is 11.6 Å². The maximum Gasteiger partial charge on any atom is 0.253 e. The van der Waals surface area contributed by atoms with E-state index >= 15 is 0 Å². The van der Waals surface area contributed by atoms with E-state index in [1.54, 1.807) is 36.7 Å². The van der Waals surface area contributed by atoms with Crippen LogP contribution in [0.4, 0.5) is 11.4 Å². The Morgan fingerprint density at radius 2 is 1.80 bits per heavy atom. The first-order valence-corrected chi connectivity index (χ1v) is 9.28. The second-order valence-corrected chi connectivity index (χ2v) is 7.84. The zero-order chi connectivity index (χ0) is 17.6. The summed E-state index contributed by atoms with van der Waals surface area (Å²) in [5, 5.41) is 4.39. The molecule has 0 unspecified atom stereocenters. The van der Waals surface area contributed by atoms with Gasteiger partial charge in [0.25, 0.3) is 5.91 Å². The average molecular weight is 374 g/mol. The lowest BCUT2D eigenvalue weighted by Gasteiger charge is -2.31. The van der Waals surface area contributed by atoms with Crippen molar-refractivity contribution in [3.05, 3.63) is 65.9 Å². The molecule has 0 saturated heterocycles. The summed E-state index contributed by atoms with van der Waals surface area (Å²) in [4.78, 5) is 14.5. The molecular weight excluding hydrogens is 362 g/mol. The summed E-state index contributed by atoms with van der Waals surface area (Å²) in [6.45, 7) is -0.0205. The molecule has 2 aromatic carbocycles. The molecule has 0 fully saturated rings. The Morgan fingerprint density at radius 1 is 1.04 bits per heavy atom. The van der Waals surface area contributed by atoms with Crippen molar-refractivity contribution in [2.24, 2.45) is 0 Å². The van der Waals surface area contributed by atoms with E-state index in [1.165, 1.54) is 33.8 Å². The number of para-hydroxylation sites is 1. The van der Waals surface area contributed by atoms with Crippen molar-refractivity contribution in [1.82, 2.24) is 9.78 Å². The van der Waals surface area contributed by atoms with Crippen LogP contribution in [-0.4, -0.2) is 24.1 Å². The second kappa shape index (κ2) is 5.72. The molecular formula is C17H12ClN3O3S. The number of nitrogens with zero attached hydrogens (tertiary/aromatic N) is 3. The number of hydrogen-bond donors (Lipinski definition) is 0. The zero-order valence-electron chi connectivity index (χ0n) is 12.8. The lowest BCUT2D eigenvalue weighted by atomic mass is 10.2. The predicted molar refractivity (Wildman–Crippen MR) is 92.7 cm³/mol. The van der Waals surface area contributed by atoms with Crippen molar-refractivity contribution in [2.75, 3.05) is 4.90 Å². The molecule has 3 aromatic rings. The Balaban J connectivity index is 1.92. The minimum absolute atomic E-state index is 0.0205. The number of carbonyl (C=O) groups is 1. The van der Waals surface area contributed by atoms with Crippen molar-refractivity contribution >= 4 is 38.7 Å². The zero-order valence-corrected chi connectivity index (χ0v) is 14.4. The molecule has 0 saturated carbocycles. The molecule has 1 amide bonds. The normalized spacial score (nSPS) is 14.7. The van der Waals surface area contributed by atoms with Crippen molar-refractivity contribution < 1.29 is 13.2 Å². The third-order valence-electron chi connectivity index (χ3n) is 3.95. The molecule has 4 rings (SSSR count). The van der Waals surface area contributed by atoms with Crippen LogP contribution in [0, 0.1) is 0 Å². The fourth-order valence-corrected chi connectivity index (χ4v) is 4.65. The van der Waals surface area contributed by atoms with Gasteiger partial charge in [-0.1, -0.05) is 23.7 Å². The summed E-state index contributed by atoms with van der Waals surface area (Å²) in [7, 11) is -3.72. The number of carbonyl (C=O) groups excluding carboxylic acids is 1. The largest absolute Gasteiger partial charge is 0.277 e. The van der Waals surface area contributed by atoms with Crippen LogP contribution in [0.5, 0.6) is 0 Å². The number of hydrogen-bond acceptors (Lipinski definition) is 4. The summed E-state index contributed by atoms with van der Waals surface area (Å²) in [6, 6.07) is 12.6. The minimum atomic E-state index is -3.72. The lowest BCUT2D eigenvalue weighted by molar-refractivity contribution is -0.118. The summed E-state index contributed by atoms with van der Waals surface area (Å²) in [6.07, 6.45) is 3.25. The fourth-order valence-electron chi connectivity index (χ4n) is 2.88. The highest BCUT2D eigenvalue weighted by Crippen LogP contribution is 2.44. The van der Waals surface area contributed by atoms with Gasteiger partial charge in [0.15, 0.2) is 0 Å². The standard InChI is InChI=1S/C17H12ClN3O3S/c18-12-6-7-16-14(10-12)21(17(22)11-20-9-3-8-19-20)13-4-1-2-5-15(13)25(16,23)24/h1-10H,11H2. The van der Waals surface area contributed by atoms with Crippen LogP contribution in [0.2, 0.25) is 5.02 Å². The van der Waals surface area contributed by atoms with E-state index in [4.69, 9.17) is 11.6 Å². The van der Waals surface area contributed by atoms with E-state index in [-0.39, 0.29) is 27.9 Å². The highest BCUT2D eigenvalue weighted by molar-refractivity contribution is 7.92. The van der Waals surface area contributed by atoms with Crippen molar-refractivity contribution in [2.45, 2.75) is 16.3 Å². The minimum Gasteiger partial charge on any atom is -0.277 e. The van der Waals surface area contributed by atoms with Crippen LogP contribution in [0.3, 0.4) is 0 Å². The number of halogens is 1. The quantitative estimate of drug-likeness (QED) is 0.692. The Bertz CT molecular complexity index is 1080. The molecule has 1 aliphatic rings. The highest BCUT2D eigenvalue weighted by Gasteiger charge is 2.36. The Kier molecular flexibility index (Phi) is 3.63. The number of aromatic nitrogens is 2. The predicted octanol–water partition coefficient (Wildman–Crippen LogP) is 3.05. The first kappa shape index (κ1) is 15.9. The van der Waals surface area contributed by atoms with Gasteiger partial charge in [-0.15, -0.1) is 0 Å². The molecule has 6 nitrogen and oxygen atoms in total. The first-order valence-electron chi connectivity index (χ1n) is 7.42. The van der Waals surface area contributed by atoms with E-state index in [9.17, 15) is 13.2 Å². The Labute approximate surface area is 149 Å². The number of fused-ring (bicyclic) bond motifs is 2. The van der Waals surface area contributed by atoms with Gasteiger partial charge in [-0.3, -0.25) is 14.4 Å².